The molecule has 48 valence electrons. The van der Waals surface area contributed by atoms with Crippen LogP contribution in [-0.4, -0.2) is 18.6 Å². The molecule has 0 aliphatic rings. The van der Waals surface area contributed by atoms with Gasteiger partial charge in [0.2, 0.25) is 0 Å². The molecule has 5 nitrogen and oxygen atoms in total. The molecule has 0 saturated heterocycles. The number of carbonyl (C=O) groups is 1. The number of urea groups is 1. The van der Waals surface area contributed by atoms with E-state index in [0.29, 0.717) is 0 Å². The Balaban J connectivity index is 3.83. The van der Waals surface area contributed by atoms with Gasteiger partial charge < -0.3 is 10.3 Å². The highest BCUT2D eigenvalue weighted by Gasteiger charge is 2.03. The number of hydrogen-bond acceptors (Lipinski definition) is 3. The van der Waals surface area contributed by atoms with Crippen LogP contribution in [-0.2, 0) is 11.3 Å². The normalized spacial score (nSPS) is 12.8. The Hall–Kier alpha value is -0.330. The van der Waals surface area contributed by atoms with Crippen LogP contribution in [0.2, 0.25) is 0 Å². The molecular formula is CH2ClN2O3S-. The first kappa shape index (κ1) is 7.67. The van der Waals surface area contributed by atoms with Crippen LogP contribution >= 0.6 is 11.8 Å². The first-order valence-electron chi connectivity index (χ1n) is 1.40. The molecule has 0 rings (SSSR count). The maximum absolute atomic E-state index is 9.76. The average molecular weight is 158 g/mol. The topological polar surface area (TPSA) is 86.5 Å². The molecular weight excluding hydrogens is 156 g/mol. The van der Waals surface area contributed by atoms with Gasteiger partial charge in [-0.1, -0.05) is 0 Å². The number of primary amides is 1. The van der Waals surface area contributed by atoms with Gasteiger partial charge in [0.1, 0.15) is 0 Å². The Morgan fingerprint density at radius 3 is 2.25 bits per heavy atom. The van der Waals surface area contributed by atoms with Crippen LogP contribution in [0.15, 0.2) is 0 Å². The van der Waals surface area contributed by atoms with E-state index < -0.39 is 17.3 Å². The lowest BCUT2D eigenvalue weighted by Gasteiger charge is -2.11. The average Bonchev–Trinajstić information content (AvgIpc) is 1.64. The molecule has 0 aromatic carbocycles. The molecule has 1 atom stereocenters. The van der Waals surface area contributed by atoms with Crippen LogP contribution in [0.5, 0.6) is 0 Å². The van der Waals surface area contributed by atoms with Crippen LogP contribution in [0.1, 0.15) is 0 Å². The summed E-state index contributed by atoms with van der Waals surface area (Å²) in [4.78, 5) is 9.76. The molecule has 2 amide bonds. The van der Waals surface area contributed by atoms with E-state index in [9.17, 15) is 13.6 Å². The molecule has 0 aliphatic heterocycles. The molecule has 0 aromatic rings. The number of carbonyl (C=O) groups excluding carboxylic acids is 1. The summed E-state index contributed by atoms with van der Waals surface area (Å²) < 4.78 is 19.1. The van der Waals surface area contributed by atoms with Crippen molar-refractivity contribution in [2.24, 2.45) is 5.73 Å². The second-order valence-corrected chi connectivity index (χ2v) is 2.14. The number of nitrogens with two attached hydrogens (primary N) is 1. The van der Waals surface area contributed by atoms with Crippen molar-refractivity contribution in [3.63, 3.8) is 0 Å². The SMILES string of the molecule is NC(=O)N(Cl)S(=O)[O-]. The smallest absolute Gasteiger partial charge is 0.341 e. The maximum Gasteiger partial charge on any atom is 0.341 e. The van der Waals surface area contributed by atoms with Gasteiger partial charge in [-0.15, -0.1) is 0 Å². The van der Waals surface area contributed by atoms with E-state index in [1.165, 1.54) is 0 Å². The van der Waals surface area contributed by atoms with E-state index in [4.69, 9.17) is 11.8 Å². The fourth-order valence-electron chi connectivity index (χ4n) is 0.0735. The van der Waals surface area contributed by atoms with Crippen molar-refractivity contribution in [2.45, 2.75) is 0 Å². The van der Waals surface area contributed by atoms with E-state index in [0.717, 1.165) is 0 Å². The van der Waals surface area contributed by atoms with Crippen LogP contribution in [0, 0.1) is 0 Å². The largest absolute Gasteiger partial charge is 0.754 e. The highest BCUT2D eigenvalue weighted by molar-refractivity contribution is 7.78. The second kappa shape index (κ2) is 2.85. The molecule has 0 spiro atoms. The number of halogens is 1. The van der Waals surface area contributed by atoms with Crippen LogP contribution in [0.25, 0.3) is 0 Å². The number of amides is 2. The molecule has 0 heterocycles. The summed E-state index contributed by atoms with van der Waals surface area (Å²) in [6.07, 6.45) is 0. The Morgan fingerprint density at radius 1 is 1.88 bits per heavy atom. The van der Waals surface area contributed by atoms with Gasteiger partial charge in [-0.3, -0.25) is 4.21 Å². The van der Waals surface area contributed by atoms with E-state index in [1.807, 2.05) is 0 Å². The van der Waals surface area contributed by atoms with Crippen molar-refractivity contribution < 1.29 is 13.6 Å². The Bertz CT molecular complexity index is 112. The highest BCUT2D eigenvalue weighted by Crippen LogP contribution is 1.93. The summed E-state index contributed by atoms with van der Waals surface area (Å²) in [6.45, 7) is 0. The number of hydrogen-bond donors (Lipinski definition) is 1. The molecule has 1 unspecified atom stereocenters. The molecule has 0 aliphatic carbocycles. The molecule has 0 aromatic heterocycles. The standard InChI is InChI=1S/CH3ClN2O3S/c2-4(1(3)5)8(6)7/h(H2,3,5)(H,6,7)/p-1. The van der Waals surface area contributed by atoms with Gasteiger partial charge >= 0.3 is 6.03 Å². The third kappa shape index (κ3) is 2.10. The fraction of sp³-hybridized carbons (Fsp3) is 0. The van der Waals surface area contributed by atoms with E-state index in [2.05, 4.69) is 5.73 Å². The van der Waals surface area contributed by atoms with E-state index >= 15 is 0 Å². The van der Waals surface area contributed by atoms with Gasteiger partial charge in [-0.2, -0.15) is 3.82 Å². The first-order valence-corrected chi connectivity index (χ1v) is 2.77. The minimum absolute atomic E-state index is 0.139. The lowest BCUT2D eigenvalue weighted by molar-refractivity contribution is 0.244. The minimum atomic E-state index is -2.77. The van der Waals surface area contributed by atoms with Crippen LogP contribution in [0.3, 0.4) is 0 Å². The van der Waals surface area contributed by atoms with Crippen molar-refractivity contribution in [2.75, 3.05) is 0 Å². The molecule has 0 bridgehead atoms. The molecule has 0 saturated carbocycles. The summed E-state index contributed by atoms with van der Waals surface area (Å²) in [6, 6.07) is -1.22. The van der Waals surface area contributed by atoms with Crippen LogP contribution < -0.4 is 5.73 Å². The number of rotatable bonds is 1. The van der Waals surface area contributed by atoms with Gasteiger partial charge in [-0.25, -0.2) is 4.79 Å². The van der Waals surface area contributed by atoms with E-state index in [1.54, 1.807) is 0 Å². The molecule has 8 heavy (non-hydrogen) atoms. The monoisotopic (exact) mass is 157 g/mol. The van der Waals surface area contributed by atoms with Gasteiger partial charge in [0.15, 0.2) is 0 Å². The van der Waals surface area contributed by atoms with Crippen molar-refractivity contribution in [1.29, 1.82) is 0 Å². The quantitative estimate of drug-likeness (QED) is 0.404. The van der Waals surface area contributed by atoms with Gasteiger partial charge in [-0.05, 0) is 0 Å². The summed E-state index contributed by atoms with van der Waals surface area (Å²) in [5.41, 5.74) is 4.40. The number of nitrogens with zero attached hydrogens (tertiary/aromatic N) is 1. The zero-order valence-electron chi connectivity index (χ0n) is 3.54. The first-order chi connectivity index (χ1) is 3.55. The molecule has 0 radical (unpaired) electrons. The third-order valence-electron chi connectivity index (χ3n) is 0.304. The van der Waals surface area contributed by atoms with Crippen molar-refractivity contribution in [3.8, 4) is 0 Å². The molecule has 0 fully saturated rings. The predicted molar refractivity (Wildman–Crippen MR) is 26.2 cm³/mol. The summed E-state index contributed by atoms with van der Waals surface area (Å²) in [5, 5.41) is 0. The Morgan fingerprint density at radius 2 is 2.25 bits per heavy atom. The van der Waals surface area contributed by atoms with Gasteiger partial charge in [0.05, 0.1) is 11.3 Å². The Labute approximate surface area is 52.9 Å². The zero-order valence-corrected chi connectivity index (χ0v) is 5.11. The predicted octanol–water partition coefficient (Wildman–Crippen LogP) is -0.685. The Kier molecular flexibility index (Phi) is 2.74. The van der Waals surface area contributed by atoms with E-state index in [-0.39, 0.29) is 3.82 Å². The van der Waals surface area contributed by atoms with Crippen molar-refractivity contribution in [3.05, 3.63) is 0 Å². The summed E-state index contributed by atoms with van der Waals surface area (Å²) >= 11 is 1.93. The minimum Gasteiger partial charge on any atom is -0.754 e. The van der Waals surface area contributed by atoms with Crippen molar-refractivity contribution >= 4 is 29.1 Å². The maximum atomic E-state index is 9.76. The third-order valence-corrected chi connectivity index (χ3v) is 1.25. The van der Waals surface area contributed by atoms with Gasteiger partial charge in [0, 0.05) is 11.8 Å². The highest BCUT2D eigenvalue weighted by atomic mass is 35.5. The fourth-order valence-corrected chi connectivity index (χ4v) is 0.220. The summed E-state index contributed by atoms with van der Waals surface area (Å²) in [7, 11) is 0. The molecule has 2 N–H and O–H groups in total. The lowest BCUT2D eigenvalue weighted by atomic mass is 11.2. The lowest BCUT2D eigenvalue weighted by Crippen LogP contribution is -2.28. The second-order valence-electron chi connectivity index (χ2n) is 0.800. The zero-order chi connectivity index (χ0) is 6.73. The molecule has 7 heteroatoms. The van der Waals surface area contributed by atoms with Crippen LogP contribution in [0.4, 0.5) is 4.79 Å². The summed E-state index contributed by atoms with van der Waals surface area (Å²) in [5.74, 6) is 0. The van der Waals surface area contributed by atoms with Gasteiger partial charge in [0.25, 0.3) is 0 Å². The van der Waals surface area contributed by atoms with Crippen molar-refractivity contribution in [1.82, 2.24) is 3.82 Å².